The van der Waals surface area contributed by atoms with Crippen molar-refractivity contribution >= 4 is 12.3 Å². The summed E-state index contributed by atoms with van der Waals surface area (Å²) in [6.07, 6.45) is 1.08. The van der Waals surface area contributed by atoms with Gasteiger partial charge < -0.3 is 20.7 Å². The van der Waals surface area contributed by atoms with Crippen LogP contribution in [-0.2, 0) is 4.79 Å². The molecule has 1 unspecified atom stereocenters. The number of hydrogen-bond donors (Lipinski definition) is 3. The number of nitriles is 1. The van der Waals surface area contributed by atoms with Gasteiger partial charge in [0.25, 0.3) is 6.47 Å². The van der Waals surface area contributed by atoms with E-state index in [0.717, 1.165) is 28.8 Å². The summed E-state index contributed by atoms with van der Waals surface area (Å²) in [6.45, 7) is 6.44. The number of benzene rings is 1. The van der Waals surface area contributed by atoms with Crippen molar-refractivity contribution in [1.82, 2.24) is 4.98 Å². The van der Waals surface area contributed by atoms with Crippen LogP contribution in [0.25, 0.3) is 11.1 Å². The minimum Gasteiger partial charge on any atom is -0.491 e. The number of carboxylic acid groups (broad SMARTS) is 1. The van der Waals surface area contributed by atoms with E-state index in [1.165, 1.54) is 0 Å². The molecule has 7 heteroatoms. The molecule has 1 aromatic carbocycles. The maximum Gasteiger partial charge on any atom is 0.290 e. The lowest BCUT2D eigenvalue weighted by Crippen LogP contribution is -2.06. The number of nitrogens with two attached hydrogens (primary N) is 1. The Hall–Kier alpha value is -3.11. The summed E-state index contributed by atoms with van der Waals surface area (Å²) in [5, 5.41) is 25.3. The first-order chi connectivity index (χ1) is 13.3. The first-order valence-electron chi connectivity index (χ1n) is 8.92. The molecule has 0 bridgehead atoms. The third kappa shape index (κ3) is 4.41. The van der Waals surface area contributed by atoms with Crippen LogP contribution >= 0.6 is 0 Å². The molecule has 0 spiro atoms. The molecule has 0 saturated heterocycles. The molecule has 3 rings (SSSR count). The van der Waals surface area contributed by atoms with Crippen LogP contribution in [0.2, 0.25) is 0 Å². The first kappa shape index (κ1) is 21.2. The maximum atomic E-state index is 9.58. The van der Waals surface area contributed by atoms with Gasteiger partial charge in [-0.25, -0.2) is 4.98 Å². The molecule has 1 atom stereocenters. The number of rotatable bonds is 5. The van der Waals surface area contributed by atoms with Gasteiger partial charge >= 0.3 is 0 Å². The monoisotopic (exact) mass is 383 g/mol. The zero-order chi connectivity index (χ0) is 20.9. The van der Waals surface area contributed by atoms with E-state index in [2.05, 4.69) is 24.9 Å². The van der Waals surface area contributed by atoms with Crippen molar-refractivity contribution in [2.45, 2.75) is 33.1 Å². The average Bonchev–Trinajstić information content (AvgIpc) is 3.30. The summed E-state index contributed by atoms with van der Waals surface area (Å²) in [6, 6.07) is 9.71. The van der Waals surface area contributed by atoms with Gasteiger partial charge in [-0.15, -0.1) is 0 Å². The second-order valence-corrected chi connectivity index (χ2v) is 7.32. The average molecular weight is 383 g/mol. The zero-order valence-corrected chi connectivity index (χ0v) is 16.3. The summed E-state index contributed by atoms with van der Waals surface area (Å²) in [5.41, 5.74) is 10.5. The molecule has 0 radical (unpaired) electrons. The van der Waals surface area contributed by atoms with Crippen LogP contribution in [0.1, 0.15) is 43.0 Å². The predicted molar refractivity (Wildman–Crippen MR) is 106 cm³/mol. The lowest BCUT2D eigenvalue weighted by Gasteiger charge is -2.16. The molecule has 148 valence electrons. The smallest absolute Gasteiger partial charge is 0.290 e. The summed E-state index contributed by atoms with van der Waals surface area (Å²) in [7, 11) is 0. The highest BCUT2D eigenvalue weighted by Crippen LogP contribution is 2.59. The zero-order valence-electron chi connectivity index (χ0n) is 16.3. The normalized spacial score (nSPS) is 16.3. The molecular formula is C21H25N3O4. The number of anilines is 1. The molecule has 1 aromatic heterocycles. The van der Waals surface area contributed by atoms with Crippen LogP contribution in [0, 0.1) is 23.7 Å². The molecule has 0 aliphatic heterocycles. The molecule has 1 saturated carbocycles. The number of pyridine rings is 1. The second kappa shape index (κ2) is 8.72. The van der Waals surface area contributed by atoms with E-state index in [1.54, 1.807) is 0 Å². The number of nitrogens with zero attached hydrogens (tertiary/aromatic N) is 2. The van der Waals surface area contributed by atoms with Gasteiger partial charge in [-0.3, -0.25) is 4.79 Å². The van der Waals surface area contributed by atoms with Gasteiger partial charge in [0.15, 0.2) is 0 Å². The van der Waals surface area contributed by atoms with Gasteiger partial charge in [0.05, 0.1) is 12.3 Å². The summed E-state index contributed by atoms with van der Waals surface area (Å²) in [5.74, 6) is 1.36. The van der Waals surface area contributed by atoms with E-state index < -0.39 is 0 Å². The maximum absolute atomic E-state index is 9.58. The van der Waals surface area contributed by atoms with Crippen LogP contribution in [0.3, 0.4) is 0 Å². The van der Waals surface area contributed by atoms with Crippen molar-refractivity contribution in [2.75, 3.05) is 18.9 Å². The van der Waals surface area contributed by atoms with Crippen LogP contribution < -0.4 is 10.5 Å². The number of carbonyl (C=O) groups is 1. The topological polar surface area (TPSA) is 129 Å². The number of nitrogen functional groups attached to an aromatic ring is 1. The minimum atomic E-state index is -0.250. The highest BCUT2D eigenvalue weighted by Gasteiger charge is 2.48. The number of hydrogen-bond acceptors (Lipinski definition) is 6. The molecular weight excluding hydrogens is 358 g/mol. The molecule has 1 aliphatic rings. The lowest BCUT2D eigenvalue weighted by atomic mass is 9.92. The van der Waals surface area contributed by atoms with Crippen molar-refractivity contribution in [3.8, 4) is 22.9 Å². The molecule has 4 N–H and O–H groups in total. The number of ether oxygens (including phenoxy) is 1. The van der Waals surface area contributed by atoms with Crippen LogP contribution in [-0.4, -0.2) is 34.9 Å². The minimum absolute atomic E-state index is 0.0269. The van der Waals surface area contributed by atoms with Crippen molar-refractivity contribution < 1.29 is 19.7 Å². The first-order valence-corrected chi connectivity index (χ1v) is 8.92. The molecule has 2 aromatic rings. The van der Waals surface area contributed by atoms with E-state index in [0.29, 0.717) is 23.0 Å². The molecule has 0 amide bonds. The Bertz CT molecular complexity index is 886. The third-order valence-corrected chi connectivity index (χ3v) is 4.96. The van der Waals surface area contributed by atoms with Crippen molar-refractivity contribution in [3.63, 3.8) is 0 Å². The van der Waals surface area contributed by atoms with Crippen molar-refractivity contribution in [2.24, 2.45) is 5.41 Å². The Kier molecular flexibility index (Phi) is 6.60. The fourth-order valence-electron chi connectivity index (χ4n) is 3.34. The Morgan fingerprint density at radius 3 is 2.43 bits per heavy atom. The molecule has 1 aliphatic carbocycles. The van der Waals surface area contributed by atoms with Gasteiger partial charge in [0.2, 0.25) is 0 Å². The second-order valence-electron chi connectivity index (χ2n) is 7.32. The van der Waals surface area contributed by atoms with E-state index in [-0.39, 0.29) is 25.1 Å². The Balaban J connectivity index is 0.000000878. The van der Waals surface area contributed by atoms with Crippen LogP contribution in [0.5, 0.6) is 5.75 Å². The lowest BCUT2D eigenvalue weighted by molar-refractivity contribution is -0.122. The largest absolute Gasteiger partial charge is 0.491 e. The quantitative estimate of drug-likeness (QED) is 0.676. The van der Waals surface area contributed by atoms with Gasteiger partial charge in [0, 0.05) is 11.5 Å². The summed E-state index contributed by atoms with van der Waals surface area (Å²) in [4.78, 5) is 12.9. The third-order valence-electron chi connectivity index (χ3n) is 4.96. The highest BCUT2D eigenvalue weighted by atomic mass is 16.5. The van der Waals surface area contributed by atoms with Crippen LogP contribution in [0.4, 0.5) is 5.82 Å². The van der Waals surface area contributed by atoms with Gasteiger partial charge in [-0.1, -0.05) is 26.0 Å². The van der Waals surface area contributed by atoms with Crippen molar-refractivity contribution in [1.29, 1.82) is 5.26 Å². The van der Waals surface area contributed by atoms with Gasteiger partial charge in [-0.2, -0.15) is 5.26 Å². The Morgan fingerprint density at radius 2 is 1.96 bits per heavy atom. The number of aliphatic hydroxyl groups is 1. The number of aromatic nitrogens is 1. The molecule has 28 heavy (non-hydrogen) atoms. The summed E-state index contributed by atoms with van der Waals surface area (Å²) < 4.78 is 5.40. The van der Waals surface area contributed by atoms with E-state index in [1.807, 2.05) is 31.2 Å². The van der Waals surface area contributed by atoms with Crippen LogP contribution in [0.15, 0.2) is 24.3 Å². The number of aliphatic hydroxyl groups excluding tert-OH is 1. The predicted octanol–water partition coefficient (Wildman–Crippen LogP) is 3.10. The van der Waals surface area contributed by atoms with Gasteiger partial charge in [-0.05, 0) is 42.0 Å². The van der Waals surface area contributed by atoms with E-state index >= 15 is 0 Å². The fourth-order valence-corrected chi connectivity index (χ4v) is 3.34. The molecule has 7 nitrogen and oxygen atoms in total. The molecule has 1 fully saturated rings. The Labute approximate surface area is 164 Å². The van der Waals surface area contributed by atoms with Gasteiger partial charge in [0.1, 0.15) is 29.8 Å². The Morgan fingerprint density at radius 1 is 1.39 bits per heavy atom. The van der Waals surface area contributed by atoms with Crippen molar-refractivity contribution in [3.05, 3.63) is 41.1 Å². The summed E-state index contributed by atoms with van der Waals surface area (Å²) >= 11 is 0. The molecule has 1 heterocycles. The standard InChI is InChI=1S/C20H23N3O2.CH2O2/c1-12-17(13-4-6-14(7-5-13)25-9-8-24)15(11-21)19(22)23-18(12)16-10-20(16,2)3;2-1-3/h4-7,16,24H,8-10H2,1-3H3,(H2,22,23);1H,(H,2,3). The SMILES string of the molecule is Cc1c(C2CC2(C)C)nc(N)c(C#N)c1-c1ccc(OCCO)cc1.O=CO. The fraction of sp³-hybridized carbons (Fsp3) is 0.381. The highest BCUT2D eigenvalue weighted by molar-refractivity contribution is 5.79. The van der Waals surface area contributed by atoms with E-state index in [9.17, 15) is 5.26 Å². The van der Waals surface area contributed by atoms with E-state index in [4.69, 9.17) is 25.5 Å².